The fraction of sp³-hybridized carbons (Fsp3) is 0.538. The van der Waals surface area contributed by atoms with Crippen LogP contribution in [0.3, 0.4) is 0 Å². The molecular weight excluding hydrogens is 307 g/mol. The minimum Gasteiger partial charge on any atom is -0.381 e. The molecule has 1 aliphatic carbocycles. The lowest BCUT2D eigenvalue weighted by molar-refractivity contribution is -0.137. The van der Waals surface area contributed by atoms with Crippen LogP contribution in [-0.4, -0.2) is 6.04 Å². The van der Waals surface area contributed by atoms with Gasteiger partial charge in [0.05, 0.1) is 5.56 Å². The van der Waals surface area contributed by atoms with Gasteiger partial charge in [0, 0.05) is 16.2 Å². The lowest BCUT2D eigenvalue weighted by Gasteiger charge is -2.17. The topological polar surface area (TPSA) is 12.0 Å². The highest BCUT2D eigenvalue weighted by molar-refractivity contribution is 9.10. The van der Waals surface area contributed by atoms with Crippen LogP contribution >= 0.6 is 15.9 Å². The van der Waals surface area contributed by atoms with E-state index in [2.05, 4.69) is 28.2 Å². The van der Waals surface area contributed by atoms with Gasteiger partial charge in [-0.2, -0.15) is 13.2 Å². The summed E-state index contributed by atoms with van der Waals surface area (Å²) in [6.07, 6.45) is -1.12. The summed E-state index contributed by atoms with van der Waals surface area (Å²) in [5.41, 5.74) is -0.0804. The van der Waals surface area contributed by atoms with E-state index >= 15 is 0 Å². The van der Waals surface area contributed by atoms with Crippen LogP contribution in [0.1, 0.15) is 31.7 Å². The summed E-state index contributed by atoms with van der Waals surface area (Å²) in [4.78, 5) is 0. The van der Waals surface area contributed by atoms with Crippen LogP contribution in [0.5, 0.6) is 0 Å². The summed E-state index contributed by atoms with van der Waals surface area (Å²) in [6.45, 7) is 2.17. The second kappa shape index (κ2) is 5.11. The molecule has 1 aromatic rings. The molecule has 0 aromatic heterocycles. The SMILES string of the molecule is CC1CCC(Nc2cc(C(F)(F)F)ccc2Br)C1. The van der Waals surface area contributed by atoms with E-state index in [1.165, 1.54) is 12.1 Å². The number of anilines is 1. The van der Waals surface area contributed by atoms with Crippen molar-refractivity contribution in [2.75, 3.05) is 5.32 Å². The van der Waals surface area contributed by atoms with E-state index in [1.54, 1.807) is 0 Å². The first-order chi connectivity index (χ1) is 8.36. The number of nitrogens with one attached hydrogen (secondary N) is 1. The van der Waals surface area contributed by atoms with Crippen molar-refractivity contribution >= 4 is 21.6 Å². The second-order valence-corrected chi connectivity index (χ2v) is 5.81. The molecule has 2 unspecified atom stereocenters. The predicted molar refractivity (Wildman–Crippen MR) is 69.6 cm³/mol. The van der Waals surface area contributed by atoms with E-state index in [1.807, 2.05) is 0 Å². The van der Waals surface area contributed by atoms with Crippen molar-refractivity contribution in [2.45, 2.75) is 38.4 Å². The maximum absolute atomic E-state index is 12.6. The van der Waals surface area contributed by atoms with E-state index < -0.39 is 11.7 Å². The van der Waals surface area contributed by atoms with Gasteiger partial charge in [0.2, 0.25) is 0 Å². The standard InChI is InChI=1S/C13H15BrF3N/c1-8-2-4-10(6-8)18-12-7-9(13(15,16)17)3-5-11(12)14/h3,5,7-8,10,18H,2,4,6H2,1H3. The Labute approximate surface area is 113 Å². The van der Waals surface area contributed by atoms with E-state index in [0.717, 1.165) is 25.3 Å². The minimum absolute atomic E-state index is 0.278. The lowest BCUT2D eigenvalue weighted by Crippen LogP contribution is -2.16. The molecule has 2 atom stereocenters. The molecular formula is C13H15BrF3N. The van der Waals surface area contributed by atoms with Crippen molar-refractivity contribution in [3.8, 4) is 0 Å². The van der Waals surface area contributed by atoms with Gasteiger partial charge in [-0.1, -0.05) is 6.92 Å². The Balaban J connectivity index is 2.16. The molecule has 1 aromatic carbocycles. The molecule has 1 N–H and O–H groups in total. The smallest absolute Gasteiger partial charge is 0.381 e. The minimum atomic E-state index is -4.29. The number of hydrogen-bond donors (Lipinski definition) is 1. The van der Waals surface area contributed by atoms with Gasteiger partial charge < -0.3 is 5.32 Å². The van der Waals surface area contributed by atoms with Gasteiger partial charge in [0.25, 0.3) is 0 Å². The van der Waals surface area contributed by atoms with Crippen LogP contribution in [0.25, 0.3) is 0 Å². The molecule has 0 amide bonds. The van der Waals surface area contributed by atoms with Crippen LogP contribution in [0.15, 0.2) is 22.7 Å². The van der Waals surface area contributed by atoms with Crippen LogP contribution in [0, 0.1) is 5.92 Å². The molecule has 2 rings (SSSR count). The molecule has 0 saturated heterocycles. The highest BCUT2D eigenvalue weighted by Crippen LogP contribution is 2.35. The van der Waals surface area contributed by atoms with Gasteiger partial charge in [-0.15, -0.1) is 0 Å². The highest BCUT2D eigenvalue weighted by Gasteiger charge is 2.31. The van der Waals surface area contributed by atoms with Crippen molar-refractivity contribution in [1.82, 2.24) is 0 Å². The van der Waals surface area contributed by atoms with E-state index in [-0.39, 0.29) is 6.04 Å². The predicted octanol–water partition coefficient (Wildman–Crippen LogP) is 5.07. The molecule has 0 radical (unpaired) electrons. The molecule has 0 heterocycles. The lowest BCUT2D eigenvalue weighted by atomic mass is 10.1. The summed E-state index contributed by atoms with van der Waals surface area (Å²) in [5.74, 6) is 0.645. The first kappa shape index (κ1) is 13.7. The zero-order chi connectivity index (χ0) is 13.3. The second-order valence-electron chi connectivity index (χ2n) is 4.95. The number of hydrogen-bond acceptors (Lipinski definition) is 1. The van der Waals surface area contributed by atoms with Gasteiger partial charge in [-0.3, -0.25) is 0 Å². The van der Waals surface area contributed by atoms with E-state index in [4.69, 9.17) is 0 Å². The molecule has 0 bridgehead atoms. The Hall–Kier alpha value is -0.710. The van der Waals surface area contributed by atoms with Crippen LogP contribution in [-0.2, 0) is 6.18 Å². The number of rotatable bonds is 2. The normalized spacial score (nSPS) is 24.3. The summed E-state index contributed by atoms with van der Waals surface area (Å²) in [5, 5.41) is 3.21. The molecule has 0 aliphatic heterocycles. The van der Waals surface area contributed by atoms with Crippen molar-refractivity contribution < 1.29 is 13.2 Å². The van der Waals surface area contributed by atoms with Crippen molar-refractivity contribution in [3.05, 3.63) is 28.2 Å². The van der Waals surface area contributed by atoms with Crippen LogP contribution < -0.4 is 5.32 Å². The molecule has 1 aliphatic rings. The first-order valence-corrected chi connectivity index (χ1v) is 6.79. The van der Waals surface area contributed by atoms with Crippen molar-refractivity contribution in [2.24, 2.45) is 5.92 Å². The number of alkyl halides is 3. The monoisotopic (exact) mass is 321 g/mol. The third-order valence-corrected chi connectivity index (χ3v) is 4.04. The van der Waals surface area contributed by atoms with Gasteiger partial charge in [-0.05, 0) is 59.3 Å². The maximum atomic E-state index is 12.6. The number of halogens is 4. The zero-order valence-electron chi connectivity index (χ0n) is 10.0. The summed E-state index contributed by atoms with van der Waals surface area (Å²) in [7, 11) is 0. The van der Waals surface area contributed by atoms with Crippen molar-refractivity contribution in [3.63, 3.8) is 0 Å². The van der Waals surface area contributed by atoms with Gasteiger partial charge in [-0.25, -0.2) is 0 Å². The molecule has 18 heavy (non-hydrogen) atoms. The van der Waals surface area contributed by atoms with Gasteiger partial charge >= 0.3 is 6.18 Å². The Morgan fingerprint density at radius 2 is 2.00 bits per heavy atom. The summed E-state index contributed by atoms with van der Waals surface area (Å²) >= 11 is 3.29. The fourth-order valence-corrected chi connectivity index (χ4v) is 2.73. The average Bonchev–Trinajstić information content (AvgIpc) is 2.66. The van der Waals surface area contributed by atoms with Crippen molar-refractivity contribution in [1.29, 1.82) is 0 Å². The van der Waals surface area contributed by atoms with E-state index in [9.17, 15) is 13.2 Å². The molecule has 1 saturated carbocycles. The van der Waals surface area contributed by atoms with Crippen LogP contribution in [0.4, 0.5) is 18.9 Å². The third kappa shape index (κ3) is 3.19. The van der Waals surface area contributed by atoms with Crippen LogP contribution in [0.2, 0.25) is 0 Å². The fourth-order valence-electron chi connectivity index (χ4n) is 2.37. The Morgan fingerprint density at radius 1 is 1.28 bits per heavy atom. The first-order valence-electron chi connectivity index (χ1n) is 5.99. The Bertz CT molecular complexity index is 431. The summed E-state index contributed by atoms with van der Waals surface area (Å²) in [6, 6.07) is 3.99. The largest absolute Gasteiger partial charge is 0.416 e. The molecule has 1 nitrogen and oxygen atoms in total. The molecule has 5 heteroatoms. The van der Waals surface area contributed by atoms with Gasteiger partial charge in [0.1, 0.15) is 0 Å². The molecule has 100 valence electrons. The van der Waals surface area contributed by atoms with Gasteiger partial charge in [0.15, 0.2) is 0 Å². The molecule has 0 spiro atoms. The number of benzene rings is 1. The molecule has 1 fully saturated rings. The van der Waals surface area contributed by atoms with E-state index in [0.29, 0.717) is 16.1 Å². The average molecular weight is 322 g/mol. The Morgan fingerprint density at radius 3 is 2.56 bits per heavy atom. The Kier molecular flexibility index (Phi) is 3.90. The zero-order valence-corrected chi connectivity index (χ0v) is 11.6. The quantitative estimate of drug-likeness (QED) is 0.802. The summed E-state index contributed by atoms with van der Waals surface area (Å²) < 4.78 is 38.6. The highest BCUT2D eigenvalue weighted by atomic mass is 79.9. The maximum Gasteiger partial charge on any atom is 0.416 e. The third-order valence-electron chi connectivity index (χ3n) is 3.35.